The van der Waals surface area contributed by atoms with Gasteiger partial charge < -0.3 is 4.57 Å². The number of aryl methyl sites for hydroxylation is 1. The Morgan fingerprint density at radius 1 is 1.10 bits per heavy atom. The molecular weight excluding hydrogens is 454 g/mol. The monoisotopic (exact) mass is 471 g/mol. The number of nitrogens with zero attached hydrogens (tertiary/aromatic N) is 3. The first-order valence-corrected chi connectivity index (χ1v) is 10.8. The Bertz CT molecular complexity index is 1090. The normalized spacial score (nSPS) is 27.7. The molecule has 148 valence electrons. The lowest BCUT2D eigenvalue weighted by atomic mass is 9.85. The minimum Gasteiger partial charge on any atom is -0.318 e. The predicted molar refractivity (Wildman–Crippen MR) is 115 cm³/mol. The number of amides is 2. The van der Waals surface area contributed by atoms with Crippen LogP contribution in [0.3, 0.4) is 0 Å². The van der Waals surface area contributed by atoms with Gasteiger partial charge >= 0.3 is 0 Å². The number of fused-ring (bicyclic) bond motifs is 5. The summed E-state index contributed by atoms with van der Waals surface area (Å²) in [4.78, 5) is 25.6. The van der Waals surface area contributed by atoms with Crippen molar-refractivity contribution < 1.29 is 9.59 Å². The Labute approximate surface area is 182 Å². The van der Waals surface area contributed by atoms with Crippen LogP contribution in [-0.4, -0.2) is 27.6 Å². The van der Waals surface area contributed by atoms with Crippen molar-refractivity contribution in [2.45, 2.75) is 20.3 Å². The van der Waals surface area contributed by atoms with Crippen LogP contribution in [0.2, 0.25) is 5.02 Å². The van der Waals surface area contributed by atoms with E-state index in [1.807, 2.05) is 38.1 Å². The van der Waals surface area contributed by atoms with Crippen LogP contribution in [-0.2, 0) is 9.59 Å². The van der Waals surface area contributed by atoms with Crippen LogP contribution in [0, 0.1) is 37.5 Å². The van der Waals surface area contributed by atoms with Crippen molar-refractivity contribution in [3.8, 4) is 5.69 Å². The highest BCUT2D eigenvalue weighted by molar-refractivity contribution is 9.10. The molecule has 5 nitrogen and oxygen atoms in total. The number of benzene rings is 1. The van der Waals surface area contributed by atoms with Gasteiger partial charge in [-0.05, 0) is 72.3 Å². The van der Waals surface area contributed by atoms with E-state index in [0.29, 0.717) is 5.02 Å². The van der Waals surface area contributed by atoms with E-state index in [0.717, 1.165) is 38.5 Å². The molecular formula is C22H19BrClN3O2. The Morgan fingerprint density at radius 2 is 1.76 bits per heavy atom. The molecule has 2 aromatic rings. The number of aromatic nitrogens is 1. The molecule has 1 aliphatic heterocycles. The smallest absolute Gasteiger partial charge is 0.254 e. The van der Waals surface area contributed by atoms with Gasteiger partial charge in [-0.3, -0.25) is 9.59 Å². The summed E-state index contributed by atoms with van der Waals surface area (Å²) in [6, 6.07) is 7.78. The number of allylic oxidation sites excluding steroid dienone is 2. The molecule has 2 amide bonds. The molecule has 1 aromatic carbocycles. The number of carbonyl (C=O) groups excluding carboxylic acids is 2. The van der Waals surface area contributed by atoms with Crippen LogP contribution in [0.25, 0.3) is 5.69 Å². The number of halogens is 2. The fourth-order valence-electron chi connectivity index (χ4n) is 5.06. The summed E-state index contributed by atoms with van der Waals surface area (Å²) in [5.74, 6) is -0.412. The highest BCUT2D eigenvalue weighted by atomic mass is 79.9. The standard InChI is InChI=1S/C22H19BrClN3O2/c1-11-7-15(12(2)26(11)16-5-6-17(23)18(24)9-16)10-25-27-21(28)19-13-3-4-14(8-13)20(19)22(27)29/h3-7,9-10,13-14,19-20H,8H2,1-2H3/t13-,14-,19-,20+/m0/s1. The third-order valence-electron chi connectivity index (χ3n) is 6.39. The molecule has 2 bridgehead atoms. The third kappa shape index (κ3) is 2.76. The van der Waals surface area contributed by atoms with Crippen LogP contribution in [0.1, 0.15) is 23.4 Å². The van der Waals surface area contributed by atoms with Crippen molar-refractivity contribution >= 4 is 45.6 Å². The van der Waals surface area contributed by atoms with Crippen molar-refractivity contribution in [1.29, 1.82) is 0 Å². The molecule has 2 aliphatic carbocycles. The van der Waals surface area contributed by atoms with Crippen LogP contribution in [0.5, 0.6) is 0 Å². The summed E-state index contributed by atoms with van der Waals surface area (Å²) in [5, 5.41) is 6.03. The first-order valence-electron chi connectivity index (χ1n) is 9.61. The Balaban J connectivity index is 1.44. The molecule has 5 rings (SSSR count). The number of rotatable bonds is 3. The zero-order chi connectivity index (χ0) is 20.4. The van der Waals surface area contributed by atoms with Crippen molar-refractivity contribution in [1.82, 2.24) is 9.58 Å². The van der Waals surface area contributed by atoms with Gasteiger partial charge in [0.1, 0.15) is 0 Å². The van der Waals surface area contributed by atoms with Gasteiger partial charge in [-0.25, -0.2) is 0 Å². The Morgan fingerprint density at radius 3 is 2.38 bits per heavy atom. The van der Waals surface area contributed by atoms with Gasteiger partial charge in [0.05, 0.1) is 23.1 Å². The molecule has 0 radical (unpaired) electrons. The van der Waals surface area contributed by atoms with Crippen LogP contribution < -0.4 is 0 Å². The second kappa shape index (κ2) is 6.67. The number of hydrogen-bond acceptors (Lipinski definition) is 3. The SMILES string of the molecule is Cc1cc(C=NN2C(=O)[C@@H]3[C@H](C2=O)[C@H]2C=C[C@H]3C2)c(C)n1-c1ccc(Br)c(Cl)c1. The molecule has 0 spiro atoms. The second-order valence-electron chi connectivity index (χ2n) is 7.99. The van der Waals surface area contributed by atoms with Gasteiger partial charge in [-0.1, -0.05) is 23.8 Å². The van der Waals surface area contributed by atoms with Crippen molar-refractivity contribution in [2.24, 2.45) is 28.8 Å². The van der Waals surface area contributed by atoms with E-state index in [1.165, 1.54) is 0 Å². The van der Waals surface area contributed by atoms with Gasteiger partial charge in [0.2, 0.25) is 0 Å². The zero-order valence-electron chi connectivity index (χ0n) is 16.0. The summed E-state index contributed by atoms with van der Waals surface area (Å²) in [5.41, 5.74) is 3.78. The van der Waals surface area contributed by atoms with Crippen LogP contribution >= 0.6 is 27.5 Å². The molecule has 1 aromatic heterocycles. The largest absolute Gasteiger partial charge is 0.318 e. The summed E-state index contributed by atoms with van der Waals surface area (Å²) < 4.78 is 2.92. The minimum absolute atomic E-state index is 0.165. The summed E-state index contributed by atoms with van der Waals surface area (Å²) in [7, 11) is 0. The summed E-state index contributed by atoms with van der Waals surface area (Å²) in [6.07, 6.45) is 6.70. The molecule has 0 N–H and O–H groups in total. The van der Waals surface area contributed by atoms with Gasteiger partial charge in [0.15, 0.2) is 0 Å². The number of imide groups is 1. The van der Waals surface area contributed by atoms with Gasteiger partial charge in [0.25, 0.3) is 11.8 Å². The second-order valence-corrected chi connectivity index (χ2v) is 9.25. The van der Waals surface area contributed by atoms with E-state index in [2.05, 4.69) is 37.8 Å². The molecule has 2 heterocycles. The van der Waals surface area contributed by atoms with Gasteiger partial charge in [-0.2, -0.15) is 10.1 Å². The van der Waals surface area contributed by atoms with Gasteiger partial charge in [0, 0.05) is 27.1 Å². The molecule has 3 aliphatic rings. The minimum atomic E-state index is -0.230. The lowest BCUT2D eigenvalue weighted by Gasteiger charge is -2.13. The molecule has 29 heavy (non-hydrogen) atoms. The number of hydrogen-bond donors (Lipinski definition) is 0. The van der Waals surface area contributed by atoms with E-state index in [9.17, 15) is 9.59 Å². The average Bonchev–Trinajstić information content (AvgIpc) is 3.41. The first kappa shape index (κ1) is 18.8. The van der Waals surface area contributed by atoms with Crippen LogP contribution in [0.4, 0.5) is 0 Å². The lowest BCUT2D eigenvalue weighted by Crippen LogP contribution is -2.28. The molecule has 2 fully saturated rings. The third-order valence-corrected chi connectivity index (χ3v) is 7.62. The predicted octanol–water partition coefficient (Wildman–Crippen LogP) is 4.65. The summed E-state index contributed by atoms with van der Waals surface area (Å²) in [6.45, 7) is 3.98. The molecule has 4 atom stereocenters. The maximum absolute atomic E-state index is 12.8. The molecule has 1 saturated carbocycles. The Kier molecular flexibility index (Phi) is 4.33. The van der Waals surface area contributed by atoms with Crippen molar-refractivity contribution in [3.63, 3.8) is 0 Å². The molecule has 0 unspecified atom stereocenters. The fraction of sp³-hybridized carbons (Fsp3) is 0.318. The number of carbonyl (C=O) groups is 2. The fourth-order valence-corrected chi connectivity index (χ4v) is 5.48. The van der Waals surface area contributed by atoms with E-state index < -0.39 is 0 Å². The quantitative estimate of drug-likeness (QED) is 0.371. The molecule has 7 heteroatoms. The Hall–Kier alpha value is -2.18. The maximum Gasteiger partial charge on any atom is 0.254 e. The zero-order valence-corrected chi connectivity index (χ0v) is 18.3. The van der Waals surface area contributed by atoms with E-state index >= 15 is 0 Å². The van der Waals surface area contributed by atoms with E-state index in [4.69, 9.17) is 11.6 Å². The topological polar surface area (TPSA) is 54.7 Å². The first-order chi connectivity index (χ1) is 13.9. The van der Waals surface area contributed by atoms with E-state index in [-0.39, 0.29) is 35.5 Å². The van der Waals surface area contributed by atoms with E-state index in [1.54, 1.807) is 6.21 Å². The van der Waals surface area contributed by atoms with Gasteiger partial charge in [-0.15, -0.1) is 0 Å². The van der Waals surface area contributed by atoms with Crippen molar-refractivity contribution in [3.05, 3.63) is 62.9 Å². The average molecular weight is 473 g/mol. The lowest BCUT2D eigenvalue weighted by molar-refractivity contribution is -0.140. The number of hydrazone groups is 1. The van der Waals surface area contributed by atoms with Crippen molar-refractivity contribution in [2.75, 3.05) is 0 Å². The highest BCUT2D eigenvalue weighted by Gasteiger charge is 2.59. The molecule has 1 saturated heterocycles. The maximum atomic E-state index is 12.8. The highest BCUT2D eigenvalue weighted by Crippen LogP contribution is 2.52. The summed E-state index contributed by atoms with van der Waals surface area (Å²) >= 11 is 9.67. The van der Waals surface area contributed by atoms with Crippen LogP contribution in [0.15, 0.2) is 46.0 Å².